The second kappa shape index (κ2) is 6.84. The minimum atomic E-state index is -4.38. The van der Waals surface area contributed by atoms with Crippen molar-refractivity contribution < 1.29 is 13.2 Å². The number of aromatic nitrogens is 2. The van der Waals surface area contributed by atoms with E-state index in [1.807, 2.05) is 18.2 Å². The van der Waals surface area contributed by atoms with E-state index in [0.717, 1.165) is 36.5 Å². The number of pyridine rings is 1. The average molecular weight is 394 g/mol. The summed E-state index contributed by atoms with van der Waals surface area (Å²) in [7, 11) is 0. The van der Waals surface area contributed by atoms with Crippen LogP contribution in [-0.4, -0.2) is 16.1 Å². The van der Waals surface area contributed by atoms with Crippen molar-refractivity contribution in [1.29, 1.82) is 0 Å². The summed E-state index contributed by atoms with van der Waals surface area (Å²) in [6.45, 7) is 3.66. The number of nitrogens with one attached hydrogen (secondary N) is 1. The first-order chi connectivity index (χ1) is 12.8. The van der Waals surface area contributed by atoms with Gasteiger partial charge in [0.1, 0.15) is 0 Å². The zero-order valence-electron chi connectivity index (χ0n) is 14.8. The lowest BCUT2D eigenvalue weighted by Gasteiger charge is -2.18. The van der Waals surface area contributed by atoms with Crippen molar-refractivity contribution in [3.63, 3.8) is 0 Å². The Kier molecular flexibility index (Phi) is 4.64. The third-order valence-electron chi connectivity index (χ3n) is 5.12. The number of benzene rings is 1. The Morgan fingerprint density at radius 3 is 2.85 bits per heavy atom. The topological polar surface area (TPSA) is 29.9 Å². The molecule has 0 saturated heterocycles. The van der Waals surface area contributed by atoms with Crippen LogP contribution in [-0.2, 0) is 32.1 Å². The zero-order valence-corrected chi connectivity index (χ0v) is 15.6. The number of nitrogens with zero attached hydrogens (tertiary/aromatic N) is 2. The highest BCUT2D eigenvalue weighted by molar-refractivity contribution is 6.31. The van der Waals surface area contributed by atoms with Gasteiger partial charge >= 0.3 is 6.18 Å². The van der Waals surface area contributed by atoms with Crippen LogP contribution in [0.15, 0.2) is 30.5 Å². The predicted octanol–water partition coefficient (Wildman–Crippen LogP) is 4.91. The van der Waals surface area contributed by atoms with Crippen molar-refractivity contribution in [2.75, 3.05) is 6.54 Å². The predicted molar refractivity (Wildman–Crippen MR) is 100 cm³/mol. The zero-order chi connectivity index (χ0) is 19.2. The van der Waals surface area contributed by atoms with E-state index in [4.69, 9.17) is 11.6 Å². The Balaban J connectivity index is 1.74. The number of hydrogen-bond acceptors (Lipinski definition) is 2. The van der Waals surface area contributed by atoms with Gasteiger partial charge in [0.15, 0.2) is 0 Å². The molecule has 3 heterocycles. The molecule has 0 atom stereocenters. The molecule has 1 aliphatic rings. The largest absolute Gasteiger partial charge is 0.416 e. The fraction of sp³-hybridized carbons (Fsp3) is 0.350. The lowest BCUT2D eigenvalue weighted by molar-refractivity contribution is -0.138. The van der Waals surface area contributed by atoms with Crippen LogP contribution in [0.2, 0.25) is 5.02 Å². The fourth-order valence-corrected chi connectivity index (χ4v) is 4.06. The first-order valence-electron chi connectivity index (χ1n) is 8.87. The summed E-state index contributed by atoms with van der Waals surface area (Å²) in [5.41, 5.74) is 3.39. The van der Waals surface area contributed by atoms with E-state index in [-0.39, 0.29) is 12.0 Å². The number of aryl methyl sites for hydroxylation is 3. The molecule has 1 N–H and O–H groups in total. The molecule has 0 fully saturated rings. The van der Waals surface area contributed by atoms with Gasteiger partial charge in [-0.25, -0.2) is 0 Å². The smallest absolute Gasteiger partial charge is 0.344 e. The van der Waals surface area contributed by atoms with Gasteiger partial charge in [0.05, 0.1) is 5.56 Å². The first-order valence-corrected chi connectivity index (χ1v) is 9.25. The van der Waals surface area contributed by atoms with Crippen LogP contribution in [0.25, 0.3) is 10.9 Å². The van der Waals surface area contributed by atoms with Gasteiger partial charge in [-0.05, 0) is 48.7 Å². The molecule has 0 radical (unpaired) electrons. The molecule has 7 heteroatoms. The van der Waals surface area contributed by atoms with Crippen LogP contribution < -0.4 is 5.32 Å². The van der Waals surface area contributed by atoms with Gasteiger partial charge in [0, 0.05) is 59.6 Å². The number of alkyl halides is 3. The normalized spacial score (nSPS) is 14.6. The van der Waals surface area contributed by atoms with Crippen molar-refractivity contribution >= 4 is 22.5 Å². The minimum absolute atomic E-state index is 0.228. The highest BCUT2D eigenvalue weighted by Gasteiger charge is 2.33. The fourth-order valence-electron chi connectivity index (χ4n) is 3.89. The third-order valence-corrected chi connectivity index (χ3v) is 5.36. The second-order valence-corrected chi connectivity index (χ2v) is 7.33. The maximum absolute atomic E-state index is 13.4. The molecule has 3 aromatic rings. The van der Waals surface area contributed by atoms with E-state index < -0.39 is 11.7 Å². The van der Waals surface area contributed by atoms with Crippen LogP contribution in [0.5, 0.6) is 0 Å². The Bertz CT molecular complexity index is 1010. The van der Waals surface area contributed by atoms with E-state index in [2.05, 4.69) is 14.9 Å². The van der Waals surface area contributed by atoms with Gasteiger partial charge in [-0.15, -0.1) is 0 Å². The van der Waals surface area contributed by atoms with E-state index in [9.17, 15) is 13.2 Å². The quantitative estimate of drug-likeness (QED) is 0.685. The molecule has 4 rings (SSSR count). The lowest BCUT2D eigenvalue weighted by Crippen LogP contribution is -2.25. The Labute approximate surface area is 160 Å². The summed E-state index contributed by atoms with van der Waals surface area (Å²) >= 11 is 6.17. The Morgan fingerprint density at radius 1 is 1.26 bits per heavy atom. The molecule has 0 bridgehead atoms. The molecule has 27 heavy (non-hydrogen) atoms. The van der Waals surface area contributed by atoms with E-state index in [1.54, 1.807) is 6.92 Å². The molecule has 142 valence electrons. The van der Waals surface area contributed by atoms with Crippen molar-refractivity contribution in [2.24, 2.45) is 0 Å². The van der Waals surface area contributed by atoms with Crippen LogP contribution in [0.1, 0.15) is 28.1 Å². The summed E-state index contributed by atoms with van der Waals surface area (Å²) in [4.78, 5) is 4.08. The monoisotopic (exact) mass is 393 g/mol. The maximum atomic E-state index is 13.4. The van der Waals surface area contributed by atoms with Crippen LogP contribution in [0.4, 0.5) is 13.2 Å². The van der Waals surface area contributed by atoms with Crippen molar-refractivity contribution in [2.45, 2.75) is 39.0 Å². The van der Waals surface area contributed by atoms with Gasteiger partial charge in [-0.2, -0.15) is 13.2 Å². The Morgan fingerprint density at radius 2 is 2.07 bits per heavy atom. The molecule has 1 aromatic carbocycles. The van der Waals surface area contributed by atoms with Gasteiger partial charge < -0.3 is 9.88 Å². The first kappa shape index (κ1) is 18.3. The van der Waals surface area contributed by atoms with Crippen LogP contribution in [0.3, 0.4) is 0 Å². The van der Waals surface area contributed by atoms with E-state index in [0.29, 0.717) is 17.3 Å². The molecule has 0 spiro atoms. The third kappa shape index (κ3) is 3.44. The van der Waals surface area contributed by atoms with Gasteiger partial charge in [0.2, 0.25) is 0 Å². The SMILES string of the molecule is Cc1cc(C(F)(F)F)c(CCn2c3c(c4cc(Cl)ccc42)CNCC3)cn1. The van der Waals surface area contributed by atoms with Gasteiger partial charge in [-0.1, -0.05) is 11.6 Å². The molecule has 0 saturated carbocycles. The highest BCUT2D eigenvalue weighted by atomic mass is 35.5. The second-order valence-electron chi connectivity index (χ2n) is 6.90. The molecule has 0 amide bonds. The molecule has 2 aromatic heterocycles. The van der Waals surface area contributed by atoms with Crippen LogP contribution >= 0.6 is 11.6 Å². The van der Waals surface area contributed by atoms with Crippen LogP contribution in [0, 0.1) is 6.92 Å². The van der Waals surface area contributed by atoms with Crippen molar-refractivity contribution in [3.8, 4) is 0 Å². The number of fused-ring (bicyclic) bond motifs is 3. The minimum Gasteiger partial charge on any atom is -0.344 e. The molecule has 0 unspecified atom stereocenters. The van der Waals surface area contributed by atoms with E-state index in [1.165, 1.54) is 17.5 Å². The van der Waals surface area contributed by atoms with Gasteiger partial charge in [-0.3, -0.25) is 4.98 Å². The standard InChI is InChI=1S/C20H19ClF3N3/c1-12-8-17(20(22,23)24)13(10-26-12)5-7-27-18-3-2-14(21)9-15(18)16-11-25-6-4-19(16)27/h2-3,8-10,25H,4-7,11H2,1H3. The van der Waals surface area contributed by atoms with Gasteiger partial charge in [0.25, 0.3) is 0 Å². The van der Waals surface area contributed by atoms with E-state index >= 15 is 0 Å². The number of hydrogen-bond donors (Lipinski definition) is 1. The summed E-state index contributed by atoms with van der Waals surface area (Å²) in [5.74, 6) is 0. The average Bonchev–Trinajstić information content (AvgIpc) is 2.93. The van der Waals surface area contributed by atoms with Crippen molar-refractivity contribution in [3.05, 3.63) is 63.6 Å². The molecular weight excluding hydrogens is 375 g/mol. The summed E-state index contributed by atoms with van der Waals surface area (Å²) in [6.07, 6.45) is -1.90. The van der Waals surface area contributed by atoms with Crippen molar-refractivity contribution in [1.82, 2.24) is 14.9 Å². The molecule has 1 aliphatic heterocycles. The Hall–Kier alpha value is -2.05. The lowest BCUT2D eigenvalue weighted by atomic mass is 10.1. The maximum Gasteiger partial charge on any atom is 0.416 e. The number of halogens is 4. The highest BCUT2D eigenvalue weighted by Crippen LogP contribution is 2.34. The molecular formula is C20H19ClF3N3. The summed E-state index contributed by atoms with van der Waals surface area (Å²) in [5, 5.41) is 5.09. The molecule has 0 aliphatic carbocycles. The molecule has 3 nitrogen and oxygen atoms in total. The summed E-state index contributed by atoms with van der Waals surface area (Å²) in [6, 6.07) is 6.85. The summed E-state index contributed by atoms with van der Waals surface area (Å²) < 4.78 is 42.4. The number of rotatable bonds is 3.